The molecule has 2 aromatic heterocycles. The maximum Gasteiger partial charge on any atom is 0.127 e. The fourth-order valence-corrected chi connectivity index (χ4v) is 1.93. The molecule has 5 heteroatoms. The van der Waals surface area contributed by atoms with Crippen molar-refractivity contribution in [2.75, 3.05) is 11.9 Å². The molecule has 2 rings (SSSR count). The Balaban J connectivity index is 2.12. The van der Waals surface area contributed by atoms with E-state index >= 15 is 0 Å². The molecular formula is C11H12N4S. The Bertz CT molecular complexity index is 447. The molecule has 0 aliphatic carbocycles. The maximum absolute atomic E-state index is 4.45. The highest BCUT2D eigenvalue weighted by Gasteiger charge is 2.00. The van der Waals surface area contributed by atoms with Gasteiger partial charge >= 0.3 is 0 Å². The van der Waals surface area contributed by atoms with Gasteiger partial charge in [0.2, 0.25) is 0 Å². The van der Waals surface area contributed by atoms with Crippen molar-refractivity contribution < 1.29 is 0 Å². The lowest BCUT2D eigenvalue weighted by molar-refractivity contribution is 1.03. The average molecular weight is 232 g/mol. The van der Waals surface area contributed by atoms with Crippen LogP contribution in [0.5, 0.6) is 0 Å². The monoisotopic (exact) mass is 232 g/mol. The van der Waals surface area contributed by atoms with E-state index < -0.39 is 0 Å². The summed E-state index contributed by atoms with van der Waals surface area (Å²) in [5, 5.41) is 5.00. The number of hydrogen-bond acceptors (Lipinski definition) is 5. The zero-order valence-electron chi connectivity index (χ0n) is 8.92. The highest BCUT2D eigenvalue weighted by atomic mass is 32.2. The first-order valence-electron chi connectivity index (χ1n) is 5.03. The van der Waals surface area contributed by atoms with Crippen molar-refractivity contribution in [3.05, 3.63) is 36.8 Å². The summed E-state index contributed by atoms with van der Waals surface area (Å²) < 4.78 is 0. The molecule has 0 aliphatic heterocycles. The number of pyridine rings is 1. The van der Waals surface area contributed by atoms with Gasteiger partial charge in [-0.15, -0.1) is 0 Å². The van der Waals surface area contributed by atoms with Crippen LogP contribution in [-0.2, 0) is 0 Å². The van der Waals surface area contributed by atoms with Gasteiger partial charge in [-0.1, -0.05) is 6.07 Å². The quantitative estimate of drug-likeness (QED) is 0.821. The topological polar surface area (TPSA) is 50.7 Å². The molecule has 16 heavy (non-hydrogen) atoms. The second kappa shape index (κ2) is 5.46. The standard InChI is InChI=1S/C11H12N4S/c1-2-13-9-4-3-5-11(15-9)16-10-6-7-12-8-14-10/h3-8H,2H2,1H3,(H,13,15). The molecule has 0 amide bonds. The van der Waals surface area contributed by atoms with E-state index in [0.29, 0.717) is 0 Å². The minimum atomic E-state index is 0.870. The van der Waals surface area contributed by atoms with Crippen molar-refractivity contribution in [3.63, 3.8) is 0 Å². The van der Waals surface area contributed by atoms with E-state index in [1.54, 1.807) is 6.20 Å². The van der Waals surface area contributed by atoms with Crippen LogP contribution in [-0.4, -0.2) is 21.5 Å². The van der Waals surface area contributed by atoms with Crippen LogP contribution in [0.3, 0.4) is 0 Å². The fourth-order valence-electron chi connectivity index (χ4n) is 1.20. The lowest BCUT2D eigenvalue weighted by Crippen LogP contribution is -1.98. The second-order valence-electron chi connectivity index (χ2n) is 3.04. The molecule has 0 aromatic carbocycles. The van der Waals surface area contributed by atoms with E-state index in [-0.39, 0.29) is 0 Å². The molecule has 4 nitrogen and oxygen atoms in total. The number of nitrogens with one attached hydrogen (secondary N) is 1. The van der Waals surface area contributed by atoms with Gasteiger partial charge in [0.15, 0.2) is 0 Å². The zero-order valence-corrected chi connectivity index (χ0v) is 9.74. The summed E-state index contributed by atoms with van der Waals surface area (Å²) in [5.74, 6) is 0.890. The number of hydrogen-bond donors (Lipinski definition) is 1. The molecule has 1 N–H and O–H groups in total. The first-order valence-corrected chi connectivity index (χ1v) is 5.85. The van der Waals surface area contributed by atoms with Gasteiger partial charge in [-0.05, 0) is 36.9 Å². The second-order valence-corrected chi connectivity index (χ2v) is 4.08. The van der Waals surface area contributed by atoms with Gasteiger partial charge in [0.05, 0.1) is 0 Å². The van der Waals surface area contributed by atoms with Crippen LogP contribution in [0.15, 0.2) is 46.8 Å². The van der Waals surface area contributed by atoms with Gasteiger partial charge in [0, 0.05) is 12.7 Å². The summed E-state index contributed by atoms with van der Waals surface area (Å²) >= 11 is 1.53. The van der Waals surface area contributed by atoms with Crippen molar-refractivity contribution in [1.29, 1.82) is 0 Å². The van der Waals surface area contributed by atoms with Gasteiger partial charge in [0.25, 0.3) is 0 Å². The molecule has 0 bridgehead atoms. The summed E-state index contributed by atoms with van der Waals surface area (Å²) in [6, 6.07) is 7.77. The van der Waals surface area contributed by atoms with Crippen molar-refractivity contribution in [3.8, 4) is 0 Å². The molecule has 2 aromatic rings. The Kier molecular flexibility index (Phi) is 3.71. The van der Waals surface area contributed by atoms with Crippen LogP contribution in [0.25, 0.3) is 0 Å². The molecule has 0 spiro atoms. The third-order valence-electron chi connectivity index (χ3n) is 1.85. The van der Waals surface area contributed by atoms with E-state index in [9.17, 15) is 0 Å². The van der Waals surface area contributed by atoms with Crippen molar-refractivity contribution in [2.24, 2.45) is 0 Å². The predicted octanol–water partition coefficient (Wildman–Crippen LogP) is 2.45. The van der Waals surface area contributed by atoms with E-state index in [0.717, 1.165) is 22.4 Å². The molecule has 0 radical (unpaired) electrons. The number of rotatable bonds is 4. The highest BCUT2D eigenvalue weighted by molar-refractivity contribution is 7.99. The summed E-state index contributed by atoms with van der Waals surface area (Å²) in [5.41, 5.74) is 0. The van der Waals surface area contributed by atoms with Crippen LogP contribution >= 0.6 is 11.8 Å². The van der Waals surface area contributed by atoms with Crippen LogP contribution in [0, 0.1) is 0 Å². The van der Waals surface area contributed by atoms with Crippen LogP contribution in [0.1, 0.15) is 6.92 Å². The Morgan fingerprint density at radius 2 is 2.19 bits per heavy atom. The van der Waals surface area contributed by atoms with E-state index in [1.807, 2.05) is 31.2 Å². The molecule has 0 saturated carbocycles. The predicted molar refractivity (Wildman–Crippen MR) is 64.6 cm³/mol. The first-order chi connectivity index (χ1) is 7.88. The molecule has 0 saturated heterocycles. The Morgan fingerprint density at radius 3 is 2.94 bits per heavy atom. The number of nitrogens with zero attached hydrogens (tertiary/aromatic N) is 3. The van der Waals surface area contributed by atoms with E-state index in [4.69, 9.17) is 0 Å². The van der Waals surface area contributed by atoms with Gasteiger partial charge in [-0.3, -0.25) is 0 Å². The third kappa shape index (κ3) is 2.93. The van der Waals surface area contributed by atoms with Crippen LogP contribution in [0.2, 0.25) is 0 Å². The highest BCUT2D eigenvalue weighted by Crippen LogP contribution is 2.24. The van der Waals surface area contributed by atoms with Gasteiger partial charge in [0.1, 0.15) is 22.2 Å². The van der Waals surface area contributed by atoms with Crippen molar-refractivity contribution >= 4 is 17.6 Å². The molecular weight excluding hydrogens is 220 g/mol. The molecule has 82 valence electrons. The largest absolute Gasteiger partial charge is 0.370 e. The van der Waals surface area contributed by atoms with E-state index in [2.05, 4.69) is 20.3 Å². The first kappa shape index (κ1) is 10.9. The lowest BCUT2D eigenvalue weighted by atomic mass is 10.4. The average Bonchev–Trinajstić information content (AvgIpc) is 2.31. The molecule has 0 atom stereocenters. The zero-order chi connectivity index (χ0) is 11.2. The van der Waals surface area contributed by atoms with Crippen LogP contribution < -0.4 is 5.32 Å². The summed E-state index contributed by atoms with van der Waals surface area (Å²) in [6.07, 6.45) is 3.26. The molecule has 2 heterocycles. The van der Waals surface area contributed by atoms with Gasteiger partial charge in [-0.2, -0.15) is 0 Å². The van der Waals surface area contributed by atoms with Gasteiger partial charge in [-0.25, -0.2) is 15.0 Å². The SMILES string of the molecule is CCNc1cccc(Sc2ccncn2)n1. The summed E-state index contributed by atoms with van der Waals surface area (Å²) in [6.45, 7) is 2.92. The normalized spacial score (nSPS) is 10.1. The molecule has 0 aliphatic rings. The minimum absolute atomic E-state index is 0.870. The Labute approximate surface area is 98.6 Å². The number of aromatic nitrogens is 3. The molecule has 0 unspecified atom stereocenters. The maximum atomic E-state index is 4.45. The smallest absolute Gasteiger partial charge is 0.127 e. The van der Waals surface area contributed by atoms with Crippen molar-refractivity contribution in [2.45, 2.75) is 17.0 Å². The fraction of sp³-hybridized carbons (Fsp3) is 0.182. The lowest BCUT2D eigenvalue weighted by Gasteiger charge is -2.04. The van der Waals surface area contributed by atoms with E-state index in [1.165, 1.54) is 18.1 Å². The summed E-state index contributed by atoms with van der Waals surface area (Å²) in [4.78, 5) is 12.5. The Morgan fingerprint density at radius 1 is 1.25 bits per heavy atom. The van der Waals surface area contributed by atoms with Gasteiger partial charge < -0.3 is 5.32 Å². The number of anilines is 1. The minimum Gasteiger partial charge on any atom is -0.370 e. The van der Waals surface area contributed by atoms with Crippen LogP contribution in [0.4, 0.5) is 5.82 Å². The third-order valence-corrected chi connectivity index (χ3v) is 2.73. The molecule has 0 fully saturated rings. The van der Waals surface area contributed by atoms with Crippen molar-refractivity contribution in [1.82, 2.24) is 15.0 Å². The summed E-state index contributed by atoms with van der Waals surface area (Å²) in [7, 11) is 0. The Hall–Kier alpha value is -1.62.